The first kappa shape index (κ1) is 12.8. The summed E-state index contributed by atoms with van der Waals surface area (Å²) in [6.07, 6.45) is 6.58. The van der Waals surface area contributed by atoms with E-state index in [2.05, 4.69) is 9.97 Å². The average Bonchev–Trinajstić information content (AvgIpc) is 2.54. The summed E-state index contributed by atoms with van der Waals surface area (Å²) >= 11 is 6.25. The fraction of sp³-hybridized carbons (Fsp3) is 0.692. The first-order chi connectivity index (χ1) is 8.20. The van der Waals surface area contributed by atoms with Gasteiger partial charge in [-0.1, -0.05) is 18.0 Å². The molecule has 0 aromatic carbocycles. The molecular formula is C13H19ClN2O. The number of nitrogens with zero attached hydrogens (tertiary/aromatic N) is 2. The Morgan fingerprint density at radius 3 is 2.76 bits per heavy atom. The maximum Gasteiger partial charge on any atom is 0.136 e. The van der Waals surface area contributed by atoms with Crippen molar-refractivity contribution >= 4 is 11.6 Å². The Morgan fingerprint density at radius 2 is 2.00 bits per heavy atom. The van der Waals surface area contributed by atoms with Gasteiger partial charge in [0.2, 0.25) is 0 Å². The van der Waals surface area contributed by atoms with E-state index >= 15 is 0 Å². The van der Waals surface area contributed by atoms with E-state index in [9.17, 15) is 0 Å². The van der Waals surface area contributed by atoms with Crippen LogP contribution >= 0.6 is 11.6 Å². The van der Waals surface area contributed by atoms with Gasteiger partial charge < -0.3 is 4.74 Å². The molecule has 0 radical (unpaired) electrons. The van der Waals surface area contributed by atoms with E-state index in [1.165, 1.54) is 19.3 Å². The Bertz CT molecular complexity index is 395. The number of hydrogen-bond acceptors (Lipinski definition) is 3. The fourth-order valence-corrected chi connectivity index (χ4v) is 2.51. The third-order valence-corrected chi connectivity index (χ3v) is 3.61. The molecule has 17 heavy (non-hydrogen) atoms. The molecule has 0 spiro atoms. The second-order valence-electron chi connectivity index (χ2n) is 4.67. The van der Waals surface area contributed by atoms with Crippen molar-refractivity contribution < 1.29 is 4.74 Å². The van der Waals surface area contributed by atoms with Gasteiger partial charge in [0.05, 0.1) is 6.10 Å². The van der Waals surface area contributed by atoms with E-state index < -0.39 is 0 Å². The molecule has 2 rings (SSSR count). The van der Waals surface area contributed by atoms with Crippen LogP contribution < -0.4 is 0 Å². The standard InChI is InChI=1S/C13H19ClN2O/c1-9(17-2)8-12-15-11-7-5-3-4-6-10(11)13(14)16-12/h9H,3-8H2,1-2H3. The molecule has 94 valence electrons. The Morgan fingerprint density at radius 1 is 1.24 bits per heavy atom. The maximum absolute atomic E-state index is 6.25. The Kier molecular flexibility index (Phi) is 4.35. The van der Waals surface area contributed by atoms with Crippen LogP contribution in [-0.2, 0) is 24.0 Å². The monoisotopic (exact) mass is 254 g/mol. The molecule has 1 aliphatic carbocycles. The number of ether oxygens (including phenoxy) is 1. The van der Waals surface area contributed by atoms with Gasteiger partial charge in [-0.2, -0.15) is 0 Å². The van der Waals surface area contributed by atoms with Gasteiger partial charge in [-0.25, -0.2) is 9.97 Å². The molecular weight excluding hydrogens is 236 g/mol. The van der Waals surface area contributed by atoms with Crippen LogP contribution in [0.5, 0.6) is 0 Å². The summed E-state index contributed by atoms with van der Waals surface area (Å²) < 4.78 is 5.24. The lowest BCUT2D eigenvalue weighted by molar-refractivity contribution is 0.117. The third kappa shape index (κ3) is 3.17. The Labute approximate surface area is 108 Å². The second-order valence-corrected chi connectivity index (χ2v) is 5.03. The highest BCUT2D eigenvalue weighted by atomic mass is 35.5. The van der Waals surface area contributed by atoms with Crippen LogP contribution in [0.25, 0.3) is 0 Å². The molecule has 1 atom stereocenters. The van der Waals surface area contributed by atoms with E-state index in [1.807, 2.05) is 6.92 Å². The van der Waals surface area contributed by atoms with Crippen LogP contribution in [0.3, 0.4) is 0 Å². The summed E-state index contributed by atoms with van der Waals surface area (Å²) in [6.45, 7) is 2.02. The van der Waals surface area contributed by atoms with Crippen LogP contribution in [-0.4, -0.2) is 23.2 Å². The van der Waals surface area contributed by atoms with Crippen LogP contribution in [0.15, 0.2) is 0 Å². The first-order valence-electron chi connectivity index (χ1n) is 6.27. The lowest BCUT2D eigenvalue weighted by Gasteiger charge is -2.12. The number of hydrogen-bond donors (Lipinski definition) is 0. The highest BCUT2D eigenvalue weighted by Crippen LogP contribution is 2.24. The van der Waals surface area contributed by atoms with Crippen molar-refractivity contribution in [2.75, 3.05) is 7.11 Å². The van der Waals surface area contributed by atoms with E-state index in [-0.39, 0.29) is 6.10 Å². The zero-order valence-corrected chi connectivity index (χ0v) is 11.3. The maximum atomic E-state index is 6.25. The van der Waals surface area contributed by atoms with Crippen molar-refractivity contribution in [3.05, 3.63) is 22.2 Å². The van der Waals surface area contributed by atoms with E-state index in [0.717, 1.165) is 36.3 Å². The summed E-state index contributed by atoms with van der Waals surface area (Å²) in [6, 6.07) is 0. The van der Waals surface area contributed by atoms with Gasteiger partial charge in [0.15, 0.2) is 0 Å². The number of methoxy groups -OCH3 is 1. The van der Waals surface area contributed by atoms with Crippen molar-refractivity contribution in [1.29, 1.82) is 0 Å². The smallest absolute Gasteiger partial charge is 0.136 e. The minimum atomic E-state index is 0.134. The highest BCUT2D eigenvalue weighted by molar-refractivity contribution is 6.30. The number of halogens is 1. The zero-order chi connectivity index (χ0) is 12.3. The molecule has 0 amide bonds. The molecule has 1 aromatic rings. The predicted molar refractivity (Wildman–Crippen MR) is 68.5 cm³/mol. The van der Waals surface area contributed by atoms with Crippen molar-refractivity contribution in [2.24, 2.45) is 0 Å². The molecule has 3 nitrogen and oxygen atoms in total. The lowest BCUT2D eigenvalue weighted by atomic mass is 10.1. The summed E-state index contributed by atoms with van der Waals surface area (Å²) in [5.41, 5.74) is 2.32. The summed E-state index contributed by atoms with van der Waals surface area (Å²) in [5, 5.41) is 0.648. The third-order valence-electron chi connectivity index (χ3n) is 3.30. The predicted octanol–water partition coefficient (Wildman–Crippen LogP) is 2.98. The first-order valence-corrected chi connectivity index (χ1v) is 6.65. The Hall–Kier alpha value is -0.670. The molecule has 1 aromatic heterocycles. The molecule has 0 aliphatic heterocycles. The minimum absolute atomic E-state index is 0.134. The molecule has 4 heteroatoms. The van der Waals surface area contributed by atoms with Gasteiger partial charge in [-0.3, -0.25) is 0 Å². The molecule has 1 unspecified atom stereocenters. The Balaban J connectivity index is 2.25. The van der Waals surface area contributed by atoms with Gasteiger partial charge in [-0.15, -0.1) is 0 Å². The van der Waals surface area contributed by atoms with E-state index in [1.54, 1.807) is 7.11 Å². The van der Waals surface area contributed by atoms with Crippen LogP contribution in [0, 0.1) is 0 Å². The molecule has 0 saturated heterocycles. The molecule has 0 N–H and O–H groups in total. The SMILES string of the molecule is COC(C)Cc1nc(Cl)c2c(n1)CCCCC2. The van der Waals surface area contributed by atoms with Gasteiger partial charge in [0, 0.05) is 24.8 Å². The second kappa shape index (κ2) is 5.78. The zero-order valence-electron chi connectivity index (χ0n) is 10.5. The number of rotatable bonds is 3. The summed E-state index contributed by atoms with van der Waals surface area (Å²) in [7, 11) is 1.70. The van der Waals surface area contributed by atoms with Crippen LogP contribution in [0.1, 0.15) is 43.3 Å². The molecule has 1 heterocycles. The quantitative estimate of drug-likeness (QED) is 0.615. The molecule has 0 fully saturated rings. The van der Waals surface area contributed by atoms with E-state index in [0.29, 0.717) is 5.15 Å². The number of aromatic nitrogens is 2. The van der Waals surface area contributed by atoms with Crippen molar-refractivity contribution in [3.8, 4) is 0 Å². The average molecular weight is 255 g/mol. The topological polar surface area (TPSA) is 35.0 Å². The summed E-state index contributed by atoms with van der Waals surface area (Å²) in [4.78, 5) is 9.04. The van der Waals surface area contributed by atoms with Gasteiger partial charge in [-0.05, 0) is 32.6 Å². The normalized spacial score (nSPS) is 17.4. The summed E-state index contributed by atoms with van der Waals surface area (Å²) in [5.74, 6) is 0.810. The largest absolute Gasteiger partial charge is 0.381 e. The highest BCUT2D eigenvalue weighted by Gasteiger charge is 2.16. The lowest BCUT2D eigenvalue weighted by Crippen LogP contribution is -2.13. The van der Waals surface area contributed by atoms with Crippen molar-refractivity contribution in [3.63, 3.8) is 0 Å². The van der Waals surface area contributed by atoms with E-state index in [4.69, 9.17) is 16.3 Å². The molecule has 1 aliphatic rings. The van der Waals surface area contributed by atoms with Crippen LogP contribution in [0.4, 0.5) is 0 Å². The minimum Gasteiger partial charge on any atom is -0.381 e. The molecule has 0 bridgehead atoms. The number of aryl methyl sites for hydroxylation is 1. The van der Waals surface area contributed by atoms with Gasteiger partial charge in [0.25, 0.3) is 0 Å². The molecule has 0 saturated carbocycles. The van der Waals surface area contributed by atoms with Gasteiger partial charge in [0.1, 0.15) is 11.0 Å². The van der Waals surface area contributed by atoms with Gasteiger partial charge >= 0.3 is 0 Å². The number of fused-ring (bicyclic) bond motifs is 1. The van der Waals surface area contributed by atoms with Crippen molar-refractivity contribution in [1.82, 2.24) is 9.97 Å². The van der Waals surface area contributed by atoms with Crippen molar-refractivity contribution in [2.45, 2.75) is 51.6 Å². The fourth-order valence-electron chi connectivity index (χ4n) is 2.21. The van der Waals surface area contributed by atoms with Crippen LogP contribution in [0.2, 0.25) is 5.15 Å².